The van der Waals surface area contributed by atoms with Gasteiger partial charge in [0.1, 0.15) is 0 Å². The van der Waals surface area contributed by atoms with Crippen molar-refractivity contribution in [3.8, 4) is 0 Å². The van der Waals surface area contributed by atoms with Gasteiger partial charge < -0.3 is 15.1 Å². The maximum Gasteiger partial charge on any atom is 0.321 e. The zero-order valence-electron chi connectivity index (χ0n) is 14.3. The predicted octanol–water partition coefficient (Wildman–Crippen LogP) is 1.51. The van der Waals surface area contributed by atoms with Gasteiger partial charge in [0.25, 0.3) is 0 Å². The quantitative estimate of drug-likeness (QED) is 0.853. The molecule has 1 atom stereocenters. The SMILES string of the molecule is Cc1nn(C)c(C)c1NC(=O)N1CC[C@@]2(CCCN(C)C2=O)C1. The molecule has 0 saturated carbocycles. The molecule has 1 aromatic rings. The second-order valence-electron chi connectivity index (χ2n) is 6.88. The van der Waals surface area contributed by atoms with Gasteiger partial charge in [-0.1, -0.05) is 0 Å². The smallest absolute Gasteiger partial charge is 0.321 e. The molecule has 7 heteroatoms. The third-order valence-corrected chi connectivity index (χ3v) is 5.33. The molecule has 1 spiro atoms. The number of hydrogen-bond donors (Lipinski definition) is 1. The van der Waals surface area contributed by atoms with Crippen LogP contribution in [-0.2, 0) is 11.8 Å². The number of urea groups is 1. The van der Waals surface area contributed by atoms with E-state index >= 15 is 0 Å². The van der Waals surface area contributed by atoms with Gasteiger partial charge in [-0.05, 0) is 33.1 Å². The van der Waals surface area contributed by atoms with Crippen LogP contribution in [0.3, 0.4) is 0 Å². The van der Waals surface area contributed by atoms with E-state index in [0.717, 1.165) is 42.9 Å². The van der Waals surface area contributed by atoms with Crippen LogP contribution in [0.15, 0.2) is 0 Å². The lowest BCUT2D eigenvalue weighted by atomic mass is 9.78. The molecule has 2 saturated heterocycles. The Morgan fingerprint density at radius 2 is 1.96 bits per heavy atom. The van der Waals surface area contributed by atoms with E-state index in [1.54, 1.807) is 14.5 Å². The Kier molecular flexibility index (Phi) is 3.82. The molecule has 2 aliphatic rings. The lowest BCUT2D eigenvalue weighted by molar-refractivity contribution is -0.143. The topological polar surface area (TPSA) is 70.5 Å². The molecule has 2 aliphatic heterocycles. The molecule has 2 fully saturated rings. The first kappa shape index (κ1) is 15.8. The number of hydrogen-bond acceptors (Lipinski definition) is 3. The van der Waals surface area contributed by atoms with Crippen molar-refractivity contribution in [2.75, 3.05) is 32.0 Å². The highest BCUT2D eigenvalue weighted by Gasteiger charge is 2.48. The van der Waals surface area contributed by atoms with Crippen LogP contribution in [0.2, 0.25) is 0 Å². The number of aromatic nitrogens is 2. The van der Waals surface area contributed by atoms with E-state index < -0.39 is 0 Å². The number of amides is 3. The average Bonchev–Trinajstić information content (AvgIpc) is 3.03. The minimum atomic E-state index is -0.372. The number of anilines is 1. The summed E-state index contributed by atoms with van der Waals surface area (Å²) >= 11 is 0. The Balaban J connectivity index is 1.71. The van der Waals surface area contributed by atoms with Crippen molar-refractivity contribution in [3.63, 3.8) is 0 Å². The van der Waals surface area contributed by atoms with E-state index in [1.165, 1.54) is 0 Å². The van der Waals surface area contributed by atoms with E-state index in [-0.39, 0.29) is 17.4 Å². The van der Waals surface area contributed by atoms with Crippen LogP contribution in [0.5, 0.6) is 0 Å². The predicted molar refractivity (Wildman–Crippen MR) is 87.2 cm³/mol. The molecular formula is C16H25N5O2. The van der Waals surface area contributed by atoms with Gasteiger partial charge in [0.15, 0.2) is 0 Å². The zero-order valence-corrected chi connectivity index (χ0v) is 14.3. The number of rotatable bonds is 1. The van der Waals surface area contributed by atoms with Gasteiger partial charge in [-0.15, -0.1) is 0 Å². The van der Waals surface area contributed by atoms with Crippen LogP contribution in [0.25, 0.3) is 0 Å². The van der Waals surface area contributed by atoms with Gasteiger partial charge in [-0.2, -0.15) is 5.10 Å². The number of nitrogens with one attached hydrogen (secondary N) is 1. The van der Waals surface area contributed by atoms with Crippen molar-refractivity contribution in [2.24, 2.45) is 12.5 Å². The molecule has 1 N–H and O–H groups in total. The first-order valence-electron chi connectivity index (χ1n) is 8.16. The number of carbonyl (C=O) groups is 2. The number of likely N-dealkylation sites (tertiary alicyclic amines) is 2. The summed E-state index contributed by atoms with van der Waals surface area (Å²) in [5.74, 6) is 0.188. The lowest BCUT2D eigenvalue weighted by Crippen LogP contribution is -2.49. The van der Waals surface area contributed by atoms with Crippen molar-refractivity contribution in [1.29, 1.82) is 0 Å². The Bertz CT molecular complexity index is 653. The van der Waals surface area contributed by atoms with Gasteiger partial charge in [-0.25, -0.2) is 4.79 Å². The summed E-state index contributed by atoms with van der Waals surface area (Å²) in [7, 11) is 3.72. The summed E-state index contributed by atoms with van der Waals surface area (Å²) in [5, 5.41) is 7.29. The summed E-state index contributed by atoms with van der Waals surface area (Å²) in [6, 6.07) is -0.137. The second-order valence-corrected chi connectivity index (χ2v) is 6.88. The Hall–Kier alpha value is -2.05. The molecule has 3 rings (SSSR count). The molecule has 7 nitrogen and oxygen atoms in total. The fourth-order valence-electron chi connectivity index (χ4n) is 3.83. The van der Waals surface area contributed by atoms with Gasteiger partial charge in [0, 0.05) is 33.7 Å². The van der Waals surface area contributed by atoms with Crippen molar-refractivity contribution < 1.29 is 9.59 Å². The summed E-state index contributed by atoms with van der Waals surface area (Å²) in [4.78, 5) is 28.7. The highest BCUT2D eigenvalue weighted by atomic mass is 16.2. The molecule has 0 aliphatic carbocycles. The summed E-state index contributed by atoms with van der Waals surface area (Å²) < 4.78 is 1.76. The Morgan fingerprint density at radius 3 is 2.61 bits per heavy atom. The van der Waals surface area contributed by atoms with Crippen LogP contribution in [0, 0.1) is 19.3 Å². The molecule has 0 unspecified atom stereocenters. The summed E-state index contributed by atoms with van der Waals surface area (Å²) in [5.41, 5.74) is 2.13. The van der Waals surface area contributed by atoms with Gasteiger partial charge in [-0.3, -0.25) is 9.48 Å². The van der Waals surface area contributed by atoms with Crippen LogP contribution in [0.1, 0.15) is 30.7 Å². The largest absolute Gasteiger partial charge is 0.345 e. The molecule has 3 heterocycles. The number of piperidine rings is 1. The molecule has 126 valence electrons. The summed E-state index contributed by atoms with van der Waals surface area (Å²) in [6.45, 7) is 5.78. The fraction of sp³-hybridized carbons (Fsp3) is 0.688. The van der Waals surface area contributed by atoms with E-state index in [9.17, 15) is 9.59 Å². The normalized spacial score (nSPS) is 24.6. The van der Waals surface area contributed by atoms with E-state index in [0.29, 0.717) is 13.1 Å². The molecule has 0 aromatic carbocycles. The minimum Gasteiger partial charge on any atom is -0.345 e. The number of aryl methyl sites for hydroxylation is 2. The maximum absolute atomic E-state index is 12.6. The highest BCUT2D eigenvalue weighted by molar-refractivity contribution is 5.92. The van der Waals surface area contributed by atoms with E-state index in [1.807, 2.05) is 27.9 Å². The first-order valence-corrected chi connectivity index (χ1v) is 8.16. The van der Waals surface area contributed by atoms with Crippen LogP contribution >= 0.6 is 0 Å². The van der Waals surface area contributed by atoms with Crippen LogP contribution < -0.4 is 5.32 Å². The standard InChI is InChI=1S/C16H25N5O2/c1-11-13(12(2)20(4)18-11)17-15(23)21-9-7-16(10-21)6-5-8-19(3)14(16)22/h5-10H2,1-4H3,(H,17,23)/t16-/m0/s1. The average molecular weight is 319 g/mol. The molecular weight excluding hydrogens is 294 g/mol. The molecule has 0 radical (unpaired) electrons. The van der Waals surface area contributed by atoms with Crippen LogP contribution in [0.4, 0.5) is 10.5 Å². The Morgan fingerprint density at radius 1 is 1.22 bits per heavy atom. The maximum atomic E-state index is 12.6. The Labute approximate surface area is 136 Å². The highest BCUT2D eigenvalue weighted by Crippen LogP contribution is 2.39. The van der Waals surface area contributed by atoms with Crippen LogP contribution in [-0.4, -0.2) is 58.2 Å². The molecule has 23 heavy (non-hydrogen) atoms. The number of nitrogens with zero attached hydrogens (tertiary/aromatic N) is 4. The fourth-order valence-corrected chi connectivity index (χ4v) is 3.83. The third kappa shape index (κ3) is 2.58. The van der Waals surface area contributed by atoms with Gasteiger partial charge in [0.05, 0.1) is 22.5 Å². The lowest BCUT2D eigenvalue weighted by Gasteiger charge is -2.37. The van der Waals surface area contributed by atoms with E-state index in [4.69, 9.17) is 0 Å². The second kappa shape index (κ2) is 5.54. The number of carbonyl (C=O) groups excluding carboxylic acids is 2. The van der Waals surface area contributed by atoms with E-state index in [2.05, 4.69) is 10.4 Å². The first-order chi connectivity index (χ1) is 10.8. The molecule has 3 amide bonds. The molecule has 1 aromatic heterocycles. The summed E-state index contributed by atoms with van der Waals surface area (Å²) in [6.07, 6.45) is 2.65. The van der Waals surface area contributed by atoms with Crippen molar-refractivity contribution in [2.45, 2.75) is 33.1 Å². The zero-order chi connectivity index (χ0) is 16.8. The third-order valence-electron chi connectivity index (χ3n) is 5.33. The van der Waals surface area contributed by atoms with Crippen molar-refractivity contribution in [3.05, 3.63) is 11.4 Å². The van der Waals surface area contributed by atoms with Crippen molar-refractivity contribution in [1.82, 2.24) is 19.6 Å². The van der Waals surface area contributed by atoms with Crippen molar-refractivity contribution >= 4 is 17.6 Å². The minimum absolute atomic E-state index is 0.137. The van der Waals surface area contributed by atoms with Gasteiger partial charge in [0.2, 0.25) is 5.91 Å². The monoisotopic (exact) mass is 319 g/mol. The van der Waals surface area contributed by atoms with Gasteiger partial charge >= 0.3 is 6.03 Å². The molecule has 0 bridgehead atoms.